The standard InChI is InChI=1S/C22H24FN5O2/c1-27(2)22(30)14-8-6-13(7-9-14)15-10-19-20(26-18-5-3-4-17(18)23)16(21(24)29)11-25-28(19)12-15/h6-12,17-18,26H,3-5H2,1-2H3,(H2,24,29)/t17-,18+/m0/s1. The molecule has 0 saturated heterocycles. The van der Waals surface area contributed by atoms with Gasteiger partial charge in [-0.1, -0.05) is 12.1 Å². The number of anilines is 1. The number of alkyl halides is 1. The molecule has 1 fully saturated rings. The number of halogens is 1. The molecule has 8 heteroatoms. The minimum absolute atomic E-state index is 0.0693. The Labute approximate surface area is 173 Å². The molecule has 2 heterocycles. The summed E-state index contributed by atoms with van der Waals surface area (Å²) in [6.45, 7) is 0. The number of carbonyl (C=O) groups excluding carboxylic acids is 2. The van der Waals surface area contributed by atoms with E-state index in [0.29, 0.717) is 29.6 Å². The Kier molecular flexibility index (Phi) is 5.15. The summed E-state index contributed by atoms with van der Waals surface area (Å²) in [5, 5.41) is 7.49. The zero-order valence-corrected chi connectivity index (χ0v) is 16.9. The molecule has 2 amide bonds. The van der Waals surface area contributed by atoms with Gasteiger partial charge < -0.3 is 16.0 Å². The van der Waals surface area contributed by atoms with Gasteiger partial charge in [-0.25, -0.2) is 8.91 Å². The lowest BCUT2D eigenvalue weighted by Crippen LogP contribution is -2.27. The second kappa shape index (κ2) is 7.78. The predicted molar refractivity (Wildman–Crippen MR) is 113 cm³/mol. The number of hydrogen-bond acceptors (Lipinski definition) is 4. The molecule has 7 nitrogen and oxygen atoms in total. The van der Waals surface area contributed by atoms with Crippen LogP contribution in [-0.2, 0) is 0 Å². The zero-order chi connectivity index (χ0) is 21.4. The van der Waals surface area contributed by atoms with Gasteiger partial charge in [0.1, 0.15) is 6.17 Å². The van der Waals surface area contributed by atoms with E-state index in [-0.39, 0.29) is 17.5 Å². The van der Waals surface area contributed by atoms with Crippen molar-refractivity contribution in [2.45, 2.75) is 31.5 Å². The molecule has 1 aliphatic carbocycles. The summed E-state index contributed by atoms with van der Waals surface area (Å²) >= 11 is 0. The van der Waals surface area contributed by atoms with Crippen molar-refractivity contribution in [3.63, 3.8) is 0 Å². The van der Waals surface area contributed by atoms with E-state index in [1.165, 1.54) is 11.1 Å². The number of nitrogens with two attached hydrogens (primary N) is 1. The van der Waals surface area contributed by atoms with Crippen LogP contribution in [-0.4, -0.2) is 52.6 Å². The van der Waals surface area contributed by atoms with Gasteiger partial charge in [0.05, 0.1) is 29.0 Å². The van der Waals surface area contributed by atoms with Gasteiger partial charge in [0.15, 0.2) is 0 Å². The highest BCUT2D eigenvalue weighted by Crippen LogP contribution is 2.32. The van der Waals surface area contributed by atoms with E-state index in [1.807, 2.05) is 24.4 Å². The predicted octanol–water partition coefficient (Wildman–Crippen LogP) is 3.10. The second-order valence-electron chi connectivity index (χ2n) is 7.83. The fourth-order valence-electron chi connectivity index (χ4n) is 3.88. The summed E-state index contributed by atoms with van der Waals surface area (Å²) < 4.78 is 15.8. The fourth-order valence-corrected chi connectivity index (χ4v) is 3.88. The van der Waals surface area contributed by atoms with Crippen LogP contribution in [0.15, 0.2) is 42.7 Å². The van der Waals surface area contributed by atoms with E-state index < -0.39 is 12.1 Å². The Morgan fingerprint density at radius 2 is 1.93 bits per heavy atom. The lowest BCUT2D eigenvalue weighted by atomic mass is 10.1. The number of nitrogens with one attached hydrogen (secondary N) is 1. The average Bonchev–Trinajstić information content (AvgIpc) is 3.34. The van der Waals surface area contributed by atoms with E-state index >= 15 is 0 Å². The van der Waals surface area contributed by atoms with Crippen LogP contribution in [0.25, 0.3) is 16.6 Å². The molecule has 1 aliphatic rings. The molecule has 0 radical (unpaired) electrons. The van der Waals surface area contributed by atoms with E-state index in [9.17, 15) is 14.0 Å². The number of carbonyl (C=O) groups is 2. The Balaban J connectivity index is 1.74. The number of aromatic nitrogens is 2. The molecule has 0 spiro atoms. The van der Waals surface area contributed by atoms with Crippen molar-refractivity contribution in [2.24, 2.45) is 5.73 Å². The topological polar surface area (TPSA) is 92.7 Å². The van der Waals surface area contributed by atoms with Gasteiger partial charge >= 0.3 is 0 Å². The van der Waals surface area contributed by atoms with Crippen LogP contribution in [0.2, 0.25) is 0 Å². The Hall–Kier alpha value is -3.42. The van der Waals surface area contributed by atoms with Gasteiger partial charge in [-0.3, -0.25) is 9.59 Å². The molecular formula is C22H24FN5O2. The van der Waals surface area contributed by atoms with Crippen LogP contribution < -0.4 is 11.1 Å². The van der Waals surface area contributed by atoms with Crippen molar-refractivity contribution in [1.82, 2.24) is 14.5 Å². The first-order valence-electron chi connectivity index (χ1n) is 9.89. The molecule has 3 N–H and O–H groups in total. The van der Waals surface area contributed by atoms with Crippen molar-refractivity contribution in [3.05, 3.63) is 53.9 Å². The van der Waals surface area contributed by atoms with Crippen molar-refractivity contribution < 1.29 is 14.0 Å². The van der Waals surface area contributed by atoms with Crippen molar-refractivity contribution in [1.29, 1.82) is 0 Å². The quantitative estimate of drug-likeness (QED) is 0.677. The molecule has 156 valence electrons. The molecule has 4 rings (SSSR count). The lowest BCUT2D eigenvalue weighted by molar-refractivity contribution is 0.0827. The summed E-state index contributed by atoms with van der Waals surface area (Å²) in [5.41, 5.74) is 9.28. The normalized spacial score (nSPS) is 18.5. The van der Waals surface area contributed by atoms with Gasteiger partial charge in [-0.05, 0) is 43.0 Å². The molecule has 0 unspecified atom stereocenters. The fraction of sp³-hybridized carbons (Fsp3) is 0.318. The third kappa shape index (κ3) is 3.60. The van der Waals surface area contributed by atoms with Crippen molar-refractivity contribution in [3.8, 4) is 11.1 Å². The van der Waals surface area contributed by atoms with Crippen molar-refractivity contribution in [2.75, 3.05) is 19.4 Å². The van der Waals surface area contributed by atoms with Gasteiger partial charge in [-0.15, -0.1) is 0 Å². The Morgan fingerprint density at radius 1 is 1.20 bits per heavy atom. The summed E-state index contributed by atoms with van der Waals surface area (Å²) in [7, 11) is 3.42. The highest BCUT2D eigenvalue weighted by atomic mass is 19.1. The molecule has 1 aromatic carbocycles. The SMILES string of the molecule is CN(C)C(=O)c1ccc(-c2cc3c(N[C@@H]4CCC[C@@H]4F)c(C(N)=O)cnn3c2)cc1. The molecule has 0 aliphatic heterocycles. The van der Waals surface area contributed by atoms with Crippen LogP contribution >= 0.6 is 0 Å². The minimum Gasteiger partial charge on any atom is -0.377 e. The number of hydrogen-bond donors (Lipinski definition) is 2. The number of fused-ring (bicyclic) bond motifs is 1. The van der Waals surface area contributed by atoms with Crippen molar-refractivity contribution >= 4 is 23.0 Å². The molecule has 1 saturated carbocycles. The third-order valence-corrected chi connectivity index (χ3v) is 5.54. The maximum atomic E-state index is 14.2. The maximum absolute atomic E-state index is 14.2. The van der Waals surface area contributed by atoms with Crippen LogP contribution in [0.1, 0.15) is 40.0 Å². The third-order valence-electron chi connectivity index (χ3n) is 5.54. The minimum atomic E-state index is -0.963. The van der Waals surface area contributed by atoms with E-state index in [2.05, 4.69) is 10.4 Å². The lowest BCUT2D eigenvalue weighted by Gasteiger charge is -2.19. The van der Waals surface area contributed by atoms with Gasteiger partial charge in [0.2, 0.25) is 0 Å². The number of primary amides is 1. The van der Waals surface area contributed by atoms with E-state index in [0.717, 1.165) is 17.5 Å². The van der Waals surface area contributed by atoms with Crippen LogP contribution in [0.3, 0.4) is 0 Å². The van der Waals surface area contributed by atoms with E-state index in [1.54, 1.807) is 30.7 Å². The zero-order valence-electron chi connectivity index (χ0n) is 16.9. The number of benzene rings is 1. The highest BCUT2D eigenvalue weighted by Gasteiger charge is 2.29. The van der Waals surface area contributed by atoms with Gasteiger partial charge in [0, 0.05) is 31.4 Å². The van der Waals surface area contributed by atoms with Crippen LogP contribution in [0, 0.1) is 0 Å². The molecule has 2 atom stereocenters. The monoisotopic (exact) mass is 409 g/mol. The maximum Gasteiger partial charge on any atom is 0.253 e. The first-order chi connectivity index (χ1) is 14.3. The largest absolute Gasteiger partial charge is 0.377 e. The number of amides is 2. The van der Waals surface area contributed by atoms with Gasteiger partial charge in [-0.2, -0.15) is 5.10 Å². The Morgan fingerprint density at radius 3 is 2.53 bits per heavy atom. The summed E-state index contributed by atoms with van der Waals surface area (Å²) in [4.78, 5) is 25.6. The summed E-state index contributed by atoms with van der Waals surface area (Å²) in [6, 6.07) is 8.79. The number of rotatable bonds is 5. The summed E-state index contributed by atoms with van der Waals surface area (Å²) in [6.07, 6.45) is 4.28. The first-order valence-corrected chi connectivity index (χ1v) is 9.89. The van der Waals surface area contributed by atoms with Crippen LogP contribution in [0.5, 0.6) is 0 Å². The smallest absolute Gasteiger partial charge is 0.253 e. The molecule has 2 aromatic heterocycles. The van der Waals surface area contributed by atoms with Gasteiger partial charge in [0.25, 0.3) is 11.8 Å². The molecule has 0 bridgehead atoms. The number of nitrogens with zero attached hydrogens (tertiary/aromatic N) is 3. The van der Waals surface area contributed by atoms with Crippen LogP contribution in [0.4, 0.5) is 10.1 Å². The molecular weight excluding hydrogens is 385 g/mol. The highest BCUT2D eigenvalue weighted by molar-refractivity contribution is 6.02. The molecule has 3 aromatic rings. The summed E-state index contributed by atoms with van der Waals surface area (Å²) in [5.74, 6) is -0.685. The Bertz CT molecular complexity index is 1110. The first kappa shape index (κ1) is 19.9. The van der Waals surface area contributed by atoms with E-state index in [4.69, 9.17) is 5.73 Å². The molecule has 30 heavy (non-hydrogen) atoms. The average molecular weight is 409 g/mol. The second-order valence-corrected chi connectivity index (χ2v) is 7.83.